The highest BCUT2D eigenvalue weighted by Crippen LogP contribution is 2.21. The normalized spacial score (nSPS) is 17.3. The number of benzene rings is 1. The maximum atomic E-state index is 13.8. The van der Waals surface area contributed by atoms with E-state index in [1.165, 1.54) is 6.07 Å². The molecule has 1 aromatic carbocycles. The summed E-state index contributed by atoms with van der Waals surface area (Å²) in [6, 6.07) is 5.00. The van der Waals surface area contributed by atoms with Gasteiger partial charge in [-0.15, -0.1) is 0 Å². The predicted octanol–water partition coefficient (Wildman–Crippen LogP) is 2.54. The predicted molar refractivity (Wildman–Crippen MR) is 73.3 cm³/mol. The van der Waals surface area contributed by atoms with Crippen LogP contribution >= 0.6 is 11.6 Å². The van der Waals surface area contributed by atoms with Gasteiger partial charge in [0.1, 0.15) is 12.4 Å². The Morgan fingerprint density at radius 2 is 2.15 bits per heavy atom. The summed E-state index contributed by atoms with van der Waals surface area (Å²) in [5.41, 5.74) is 0.586. The molecular formula is C14H17ClFNO3. The highest BCUT2D eigenvalue weighted by molar-refractivity contribution is 6.30. The van der Waals surface area contributed by atoms with Crippen LogP contribution in [0.5, 0.6) is 0 Å². The van der Waals surface area contributed by atoms with E-state index in [1.807, 2.05) is 0 Å². The van der Waals surface area contributed by atoms with E-state index in [-0.39, 0.29) is 23.6 Å². The van der Waals surface area contributed by atoms with Crippen molar-refractivity contribution in [2.45, 2.75) is 25.5 Å². The molecule has 1 heterocycles. The molecule has 1 aliphatic heterocycles. The van der Waals surface area contributed by atoms with Crippen LogP contribution in [0.4, 0.5) is 4.39 Å². The number of aliphatic carboxylic acids is 1. The molecule has 0 amide bonds. The number of halogens is 2. The molecule has 110 valence electrons. The number of piperidine rings is 1. The van der Waals surface area contributed by atoms with Crippen molar-refractivity contribution in [3.05, 3.63) is 34.6 Å². The first kappa shape index (κ1) is 15.2. The lowest BCUT2D eigenvalue weighted by atomic mass is 10.1. The standard InChI is InChI=1S/C14H17ClFNO3/c15-12-3-1-2-10(14(12)16)8-17-6-4-11(5-7-17)20-9-13(18)19/h1-3,11H,4-9H2,(H,18,19). The molecule has 1 N–H and O–H groups in total. The average molecular weight is 302 g/mol. The summed E-state index contributed by atoms with van der Waals surface area (Å²) in [6.07, 6.45) is 1.50. The summed E-state index contributed by atoms with van der Waals surface area (Å²) in [4.78, 5) is 12.5. The third-order valence-electron chi connectivity index (χ3n) is 3.40. The van der Waals surface area contributed by atoms with Gasteiger partial charge in [-0.2, -0.15) is 0 Å². The van der Waals surface area contributed by atoms with E-state index < -0.39 is 5.97 Å². The van der Waals surface area contributed by atoms with Gasteiger partial charge >= 0.3 is 5.97 Å². The summed E-state index contributed by atoms with van der Waals surface area (Å²) in [5, 5.41) is 8.70. The number of nitrogens with zero attached hydrogens (tertiary/aromatic N) is 1. The van der Waals surface area contributed by atoms with Gasteiger partial charge in [-0.1, -0.05) is 23.7 Å². The maximum absolute atomic E-state index is 13.8. The van der Waals surface area contributed by atoms with Crippen LogP contribution in [0.25, 0.3) is 0 Å². The fraction of sp³-hybridized carbons (Fsp3) is 0.500. The second-order valence-corrected chi connectivity index (χ2v) is 5.30. The number of ether oxygens (including phenoxy) is 1. The minimum atomic E-state index is -0.951. The fourth-order valence-corrected chi connectivity index (χ4v) is 2.53. The number of hydrogen-bond donors (Lipinski definition) is 1. The van der Waals surface area contributed by atoms with Crippen molar-refractivity contribution in [1.29, 1.82) is 0 Å². The molecule has 0 atom stereocenters. The van der Waals surface area contributed by atoms with Crippen molar-refractivity contribution in [2.75, 3.05) is 19.7 Å². The average Bonchev–Trinajstić information content (AvgIpc) is 2.43. The summed E-state index contributed by atoms with van der Waals surface area (Å²) in [7, 11) is 0. The first-order valence-electron chi connectivity index (χ1n) is 6.55. The molecule has 0 aliphatic carbocycles. The van der Waals surface area contributed by atoms with Gasteiger partial charge in [-0.25, -0.2) is 9.18 Å². The highest BCUT2D eigenvalue weighted by atomic mass is 35.5. The summed E-state index contributed by atoms with van der Waals surface area (Å²) < 4.78 is 19.1. The molecule has 4 nitrogen and oxygen atoms in total. The molecular weight excluding hydrogens is 285 g/mol. The van der Waals surface area contributed by atoms with Gasteiger partial charge in [-0.05, 0) is 18.9 Å². The van der Waals surface area contributed by atoms with Crippen molar-refractivity contribution in [2.24, 2.45) is 0 Å². The smallest absolute Gasteiger partial charge is 0.329 e. The van der Waals surface area contributed by atoms with E-state index in [0.717, 1.165) is 25.9 Å². The number of rotatable bonds is 5. The van der Waals surface area contributed by atoms with Crippen LogP contribution in [0.3, 0.4) is 0 Å². The Kier molecular flexibility index (Phi) is 5.34. The second-order valence-electron chi connectivity index (χ2n) is 4.89. The molecule has 0 aromatic heterocycles. The lowest BCUT2D eigenvalue weighted by Crippen LogP contribution is -2.37. The van der Waals surface area contributed by atoms with E-state index in [4.69, 9.17) is 21.4 Å². The first-order chi connectivity index (χ1) is 9.56. The third-order valence-corrected chi connectivity index (χ3v) is 3.69. The van der Waals surface area contributed by atoms with E-state index in [1.54, 1.807) is 12.1 Å². The lowest BCUT2D eigenvalue weighted by molar-refractivity contribution is -0.145. The third kappa shape index (κ3) is 4.16. The summed E-state index contributed by atoms with van der Waals surface area (Å²) in [5.74, 6) is -1.31. The number of carboxylic acid groups (broad SMARTS) is 1. The molecule has 1 fully saturated rings. The Hall–Kier alpha value is -1.17. The quantitative estimate of drug-likeness (QED) is 0.908. The molecule has 1 saturated heterocycles. The molecule has 0 bridgehead atoms. The van der Waals surface area contributed by atoms with E-state index in [0.29, 0.717) is 12.1 Å². The molecule has 0 radical (unpaired) electrons. The second kappa shape index (κ2) is 7.02. The SMILES string of the molecule is O=C(O)COC1CCN(Cc2cccc(Cl)c2F)CC1. The molecule has 1 aliphatic rings. The Labute approximate surface area is 122 Å². The zero-order valence-corrected chi connectivity index (χ0v) is 11.8. The molecule has 0 saturated carbocycles. The summed E-state index contributed by atoms with van der Waals surface area (Å²) >= 11 is 5.76. The molecule has 1 aromatic rings. The largest absolute Gasteiger partial charge is 0.480 e. The van der Waals surface area contributed by atoms with Gasteiger partial charge in [0.15, 0.2) is 0 Å². The molecule has 6 heteroatoms. The van der Waals surface area contributed by atoms with Gasteiger partial charge in [-0.3, -0.25) is 4.90 Å². The number of hydrogen-bond acceptors (Lipinski definition) is 3. The number of likely N-dealkylation sites (tertiary alicyclic amines) is 1. The Morgan fingerprint density at radius 3 is 2.80 bits per heavy atom. The van der Waals surface area contributed by atoms with Crippen LogP contribution in [0.15, 0.2) is 18.2 Å². The Bertz CT molecular complexity index is 475. The summed E-state index contributed by atoms with van der Waals surface area (Å²) in [6.45, 7) is 1.78. The molecule has 20 heavy (non-hydrogen) atoms. The van der Waals surface area contributed by atoms with Crippen LogP contribution < -0.4 is 0 Å². The van der Waals surface area contributed by atoms with Gasteiger partial charge in [0.05, 0.1) is 11.1 Å². The first-order valence-corrected chi connectivity index (χ1v) is 6.92. The topological polar surface area (TPSA) is 49.8 Å². The zero-order chi connectivity index (χ0) is 14.5. The van der Waals surface area contributed by atoms with Gasteiger partial charge in [0.2, 0.25) is 0 Å². The van der Waals surface area contributed by atoms with E-state index >= 15 is 0 Å². The highest BCUT2D eigenvalue weighted by Gasteiger charge is 2.21. The molecule has 0 spiro atoms. The number of carboxylic acids is 1. The van der Waals surface area contributed by atoms with Crippen molar-refractivity contribution in [3.8, 4) is 0 Å². The molecule has 2 rings (SSSR count). The van der Waals surface area contributed by atoms with Gasteiger partial charge in [0, 0.05) is 25.2 Å². The van der Waals surface area contributed by atoms with Crippen molar-refractivity contribution in [3.63, 3.8) is 0 Å². The zero-order valence-electron chi connectivity index (χ0n) is 11.0. The van der Waals surface area contributed by atoms with Crippen molar-refractivity contribution < 1.29 is 19.0 Å². The van der Waals surface area contributed by atoms with Crippen LogP contribution in [-0.2, 0) is 16.1 Å². The molecule has 0 unspecified atom stereocenters. The Balaban J connectivity index is 1.82. The minimum Gasteiger partial charge on any atom is -0.480 e. The van der Waals surface area contributed by atoms with Crippen LogP contribution in [0.2, 0.25) is 5.02 Å². The Morgan fingerprint density at radius 1 is 1.45 bits per heavy atom. The maximum Gasteiger partial charge on any atom is 0.329 e. The van der Waals surface area contributed by atoms with Crippen molar-refractivity contribution in [1.82, 2.24) is 4.90 Å². The van der Waals surface area contributed by atoms with Crippen LogP contribution in [0.1, 0.15) is 18.4 Å². The van der Waals surface area contributed by atoms with Crippen molar-refractivity contribution >= 4 is 17.6 Å². The van der Waals surface area contributed by atoms with Gasteiger partial charge < -0.3 is 9.84 Å². The number of carbonyl (C=O) groups is 1. The van der Waals surface area contributed by atoms with Crippen LogP contribution in [-0.4, -0.2) is 41.8 Å². The van der Waals surface area contributed by atoms with E-state index in [2.05, 4.69) is 4.90 Å². The lowest BCUT2D eigenvalue weighted by Gasteiger charge is -2.31. The van der Waals surface area contributed by atoms with E-state index in [9.17, 15) is 9.18 Å². The van der Waals surface area contributed by atoms with Crippen LogP contribution in [0, 0.1) is 5.82 Å². The minimum absolute atomic E-state index is 0.0217. The fourth-order valence-electron chi connectivity index (χ4n) is 2.33. The van der Waals surface area contributed by atoms with Gasteiger partial charge in [0.25, 0.3) is 0 Å². The monoisotopic (exact) mass is 301 g/mol.